The van der Waals surface area contributed by atoms with Gasteiger partial charge in [-0.1, -0.05) is 0 Å². The molecule has 2 aromatic carbocycles. The average Bonchev–Trinajstić information content (AvgIpc) is 2.90. The van der Waals surface area contributed by atoms with Gasteiger partial charge in [0.25, 0.3) is 0 Å². The lowest BCUT2D eigenvalue weighted by Crippen LogP contribution is -2.35. The van der Waals surface area contributed by atoms with Gasteiger partial charge in [0.15, 0.2) is 23.0 Å². The normalized spacial score (nSPS) is 11.1. The number of nitrogens with zero attached hydrogens (tertiary/aromatic N) is 1. The zero-order valence-corrected chi connectivity index (χ0v) is 21.2. The van der Waals surface area contributed by atoms with Crippen LogP contribution < -0.4 is 33.0 Å². The van der Waals surface area contributed by atoms with Crippen molar-refractivity contribution in [1.82, 2.24) is 0 Å². The van der Waals surface area contributed by atoms with E-state index < -0.39 is 0 Å². The van der Waals surface area contributed by atoms with Crippen molar-refractivity contribution in [3.05, 3.63) is 65.0 Å². The van der Waals surface area contributed by atoms with E-state index in [-0.39, 0.29) is 0 Å². The minimum absolute atomic E-state index is 0.557. The molecule has 7 heteroatoms. The summed E-state index contributed by atoms with van der Waals surface area (Å²) in [5, 5.41) is 0. The molecule has 0 N–H and O–H groups in total. The molecule has 1 aromatic heterocycles. The first kappa shape index (κ1) is 25.5. The number of hydrogen-bond acceptors (Lipinski definition) is 6. The van der Waals surface area contributed by atoms with Crippen molar-refractivity contribution >= 4 is 24.3 Å². The molecule has 0 aliphatic carbocycles. The fourth-order valence-electron chi connectivity index (χ4n) is 3.81. The molecule has 184 valence electrons. The summed E-state index contributed by atoms with van der Waals surface area (Å²) in [7, 11) is 11.6. The number of benzene rings is 2. The number of aromatic nitrogens is 1. The monoisotopic (exact) mass is 478 g/mol. The summed E-state index contributed by atoms with van der Waals surface area (Å²) >= 11 is 0. The molecule has 0 saturated heterocycles. The second-order valence-corrected chi connectivity index (χ2v) is 7.45. The van der Waals surface area contributed by atoms with Crippen LogP contribution in [0.2, 0.25) is 0 Å². The van der Waals surface area contributed by atoms with Gasteiger partial charge in [0.2, 0.25) is 22.9 Å². The molecule has 7 nitrogen and oxygen atoms in total. The van der Waals surface area contributed by atoms with Gasteiger partial charge in [-0.3, -0.25) is 0 Å². The lowest BCUT2D eigenvalue weighted by molar-refractivity contribution is -0.675. The topological polar surface area (TPSA) is 59.3 Å². The van der Waals surface area contributed by atoms with Crippen LogP contribution in [0.25, 0.3) is 24.3 Å². The van der Waals surface area contributed by atoms with Crippen LogP contribution in [0.1, 0.15) is 22.5 Å². The van der Waals surface area contributed by atoms with E-state index in [1.165, 1.54) is 0 Å². The van der Waals surface area contributed by atoms with Gasteiger partial charge in [0, 0.05) is 35.4 Å². The fourth-order valence-corrected chi connectivity index (χ4v) is 3.81. The van der Waals surface area contributed by atoms with Gasteiger partial charge in [-0.05, 0) is 42.5 Å². The zero-order valence-electron chi connectivity index (χ0n) is 21.2. The molecule has 0 bridgehead atoms. The first-order valence-corrected chi connectivity index (χ1v) is 11.0. The number of methoxy groups -OCH3 is 6. The van der Waals surface area contributed by atoms with Crippen LogP contribution in [-0.4, -0.2) is 42.7 Å². The lowest BCUT2D eigenvalue weighted by Gasteiger charge is -2.14. The SMILES string of the molecule is COc1ccc(/C=C/c2cccc(/C=C/c3ccc(OC)c(OC)c3OC)[n+]2C)c(OC)c1OC. The molecule has 0 atom stereocenters. The maximum atomic E-state index is 5.59. The molecule has 0 saturated carbocycles. The van der Waals surface area contributed by atoms with Crippen molar-refractivity contribution in [1.29, 1.82) is 0 Å². The molecule has 3 aromatic rings. The third kappa shape index (κ3) is 5.35. The van der Waals surface area contributed by atoms with E-state index in [0.29, 0.717) is 34.5 Å². The number of pyridine rings is 1. The molecule has 1 heterocycles. The van der Waals surface area contributed by atoms with Crippen molar-refractivity contribution < 1.29 is 33.0 Å². The van der Waals surface area contributed by atoms with Crippen LogP contribution >= 0.6 is 0 Å². The van der Waals surface area contributed by atoms with Gasteiger partial charge < -0.3 is 28.4 Å². The molecule has 0 radical (unpaired) electrons. The molecular formula is C28H32NO6+. The van der Waals surface area contributed by atoms with E-state index in [9.17, 15) is 0 Å². The second kappa shape index (κ2) is 11.8. The average molecular weight is 479 g/mol. The molecule has 3 rings (SSSR count). The zero-order chi connectivity index (χ0) is 25.4. The Morgan fingerprint density at radius 3 is 1.23 bits per heavy atom. The summed E-state index contributed by atoms with van der Waals surface area (Å²) in [5.74, 6) is 3.57. The van der Waals surface area contributed by atoms with Gasteiger partial charge >= 0.3 is 0 Å². The van der Waals surface area contributed by atoms with Crippen molar-refractivity contribution in [2.24, 2.45) is 7.05 Å². The summed E-state index contributed by atoms with van der Waals surface area (Å²) in [5.41, 5.74) is 3.76. The van der Waals surface area contributed by atoms with Gasteiger partial charge in [-0.25, -0.2) is 0 Å². The van der Waals surface area contributed by atoms with Crippen LogP contribution in [0, 0.1) is 0 Å². The predicted molar refractivity (Wildman–Crippen MR) is 138 cm³/mol. The first-order valence-electron chi connectivity index (χ1n) is 11.0. The summed E-state index contributed by atoms with van der Waals surface area (Å²) in [4.78, 5) is 0. The fraction of sp³-hybridized carbons (Fsp3) is 0.250. The molecule has 0 amide bonds. The quantitative estimate of drug-likeness (QED) is 0.386. The van der Waals surface area contributed by atoms with Crippen molar-refractivity contribution in [3.8, 4) is 34.5 Å². The second-order valence-electron chi connectivity index (χ2n) is 7.45. The molecule has 0 aliphatic heterocycles. The van der Waals surface area contributed by atoms with E-state index in [4.69, 9.17) is 28.4 Å². The first-order chi connectivity index (χ1) is 17.0. The Morgan fingerprint density at radius 2 is 0.886 bits per heavy atom. The van der Waals surface area contributed by atoms with Gasteiger partial charge in [0.05, 0.1) is 42.7 Å². The number of rotatable bonds is 10. The third-order valence-electron chi connectivity index (χ3n) is 5.65. The Morgan fingerprint density at radius 1 is 0.486 bits per heavy atom. The van der Waals surface area contributed by atoms with Gasteiger partial charge in [0.1, 0.15) is 7.05 Å². The number of hydrogen-bond donors (Lipinski definition) is 0. The van der Waals surface area contributed by atoms with Crippen LogP contribution in [0.5, 0.6) is 34.5 Å². The minimum Gasteiger partial charge on any atom is -0.493 e. The van der Waals surface area contributed by atoms with Crippen LogP contribution in [0.15, 0.2) is 42.5 Å². The van der Waals surface area contributed by atoms with Gasteiger partial charge in [-0.2, -0.15) is 4.57 Å². The summed E-state index contributed by atoms with van der Waals surface area (Å²) in [6.07, 6.45) is 8.03. The highest BCUT2D eigenvalue weighted by molar-refractivity contribution is 5.76. The minimum atomic E-state index is 0.557. The highest BCUT2D eigenvalue weighted by Gasteiger charge is 2.16. The maximum Gasteiger partial charge on any atom is 0.205 e. The van der Waals surface area contributed by atoms with Crippen LogP contribution in [0.4, 0.5) is 0 Å². The summed E-state index contributed by atoms with van der Waals surface area (Å²) < 4.78 is 35.0. The highest BCUT2D eigenvalue weighted by Crippen LogP contribution is 2.41. The Balaban J connectivity index is 1.95. The molecular weight excluding hydrogens is 446 g/mol. The Bertz CT molecular complexity index is 1140. The van der Waals surface area contributed by atoms with Crippen LogP contribution in [-0.2, 0) is 7.05 Å². The molecule has 0 spiro atoms. The van der Waals surface area contributed by atoms with Crippen molar-refractivity contribution in [2.75, 3.05) is 42.7 Å². The van der Waals surface area contributed by atoms with E-state index in [2.05, 4.69) is 4.57 Å². The third-order valence-corrected chi connectivity index (χ3v) is 5.65. The summed E-state index contributed by atoms with van der Waals surface area (Å²) in [6, 6.07) is 13.7. The van der Waals surface area contributed by atoms with E-state index in [0.717, 1.165) is 22.5 Å². The molecule has 0 fully saturated rings. The van der Waals surface area contributed by atoms with E-state index in [1.807, 2.05) is 73.8 Å². The molecule has 35 heavy (non-hydrogen) atoms. The Hall–Kier alpha value is -4.13. The smallest absolute Gasteiger partial charge is 0.205 e. The molecule has 0 aliphatic rings. The largest absolute Gasteiger partial charge is 0.493 e. The van der Waals surface area contributed by atoms with Gasteiger partial charge in [-0.15, -0.1) is 0 Å². The standard InChI is InChI=1S/C28H32NO6/c1-29-21(15-11-19-13-17-23(30-2)27(34-6)25(19)32-4)9-8-10-22(29)16-12-20-14-18-24(31-3)28(35-7)26(20)33-5/h8-18H,1-7H3/q+1/b15-11+,16-12+. The van der Waals surface area contributed by atoms with E-state index >= 15 is 0 Å². The van der Waals surface area contributed by atoms with E-state index in [1.54, 1.807) is 42.7 Å². The van der Waals surface area contributed by atoms with Crippen molar-refractivity contribution in [2.45, 2.75) is 0 Å². The predicted octanol–water partition coefficient (Wildman–Crippen LogP) is 4.90. The maximum absolute atomic E-state index is 5.59. The highest BCUT2D eigenvalue weighted by atomic mass is 16.5. The van der Waals surface area contributed by atoms with Crippen LogP contribution in [0.3, 0.4) is 0 Å². The molecule has 0 unspecified atom stereocenters. The van der Waals surface area contributed by atoms with Crippen molar-refractivity contribution in [3.63, 3.8) is 0 Å². The Labute approximate surface area is 206 Å². The number of ether oxygens (including phenoxy) is 6. The lowest BCUT2D eigenvalue weighted by atomic mass is 10.1. The summed E-state index contributed by atoms with van der Waals surface area (Å²) in [6.45, 7) is 0. The Kier molecular flexibility index (Phi) is 8.62.